The Hall–Kier alpha value is -0.860. The normalized spacial score (nSPS) is 28.6. The van der Waals surface area contributed by atoms with Crippen molar-refractivity contribution in [2.45, 2.75) is 45.9 Å². The number of fused-ring (bicyclic) bond motifs is 1. The smallest absolute Gasteiger partial charge is 0.0236 e. The van der Waals surface area contributed by atoms with E-state index < -0.39 is 0 Å². The van der Waals surface area contributed by atoms with Gasteiger partial charge in [0.05, 0.1) is 0 Å². The summed E-state index contributed by atoms with van der Waals surface area (Å²) in [7, 11) is 0. The van der Waals surface area contributed by atoms with E-state index in [0.29, 0.717) is 0 Å². The van der Waals surface area contributed by atoms with E-state index in [2.05, 4.69) is 42.3 Å². The SMILES string of the molecule is CC1CC(C)N(Cc2ccc3c(c2)CNC3)C1. The van der Waals surface area contributed by atoms with Crippen molar-refractivity contribution in [2.24, 2.45) is 5.92 Å². The molecule has 0 amide bonds. The predicted octanol–water partition coefficient (Wildman–Crippen LogP) is 2.52. The molecule has 2 aliphatic rings. The first-order chi connectivity index (χ1) is 8.22. The molecule has 2 heterocycles. The molecule has 2 unspecified atom stereocenters. The van der Waals surface area contributed by atoms with Gasteiger partial charge in [0.25, 0.3) is 0 Å². The summed E-state index contributed by atoms with van der Waals surface area (Å²) in [6.07, 6.45) is 1.35. The number of hydrogen-bond acceptors (Lipinski definition) is 2. The fourth-order valence-corrected chi connectivity index (χ4v) is 3.29. The Balaban J connectivity index is 1.73. The summed E-state index contributed by atoms with van der Waals surface area (Å²) in [5.74, 6) is 0.862. The van der Waals surface area contributed by atoms with Crippen molar-refractivity contribution >= 4 is 0 Å². The largest absolute Gasteiger partial charge is 0.309 e. The van der Waals surface area contributed by atoms with Gasteiger partial charge >= 0.3 is 0 Å². The van der Waals surface area contributed by atoms with Crippen LogP contribution in [0.3, 0.4) is 0 Å². The molecule has 1 fully saturated rings. The number of hydrogen-bond donors (Lipinski definition) is 1. The highest BCUT2D eigenvalue weighted by Gasteiger charge is 2.25. The van der Waals surface area contributed by atoms with Crippen LogP contribution in [0.4, 0.5) is 0 Å². The van der Waals surface area contributed by atoms with Gasteiger partial charge in [0.1, 0.15) is 0 Å². The van der Waals surface area contributed by atoms with Gasteiger partial charge in [-0.05, 0) is 36.0 Å². The topological polar surface area (TPSA) is 15.3 Å². The first-order valence-electron chi connectivity index (χ1n) is 6.78. The van der Waals surface area contributed by atoms with Crippen molar-refractivity contribution in [1.29, 1.82) is 0 Å². The quantitative estimate of drug-likeness (QED) is 0.840. The number of nitrogens with zero attached hydrogens (tertiary/aromatic N) is 1. The van der Waals surface area contributed by atoms with Crippen LogP contribution >= 0.6 is 0 Å². The second kappa shape index (κ2) is 4.43. The summed E-state index contributed by atoms with van der Waals surface area (Å²) in [6.45, 7) is 9.21. The maximum absolute atomic E-state index is 3.41. The first kappa shape index (κ1) is 11.2. The number of benzene rings is 1. The van der Waals surface area contributed by atoms with Gasteiger partial charge in [-0.2, -0.15) is 0 Å². The molecular formula is C15H22N2. The Kier molecular flexibility index (Phi) is 2.93. The molecule has 0 saturated carbocycles. The third-order valence-corrected chi connectivity index (χ3v) is 4.20. The van der Waals surface area contributed by atoms with Gasteiger partial charge < -0.3 is 5.32 Å². The second-order valence-corrected chi connectivity index (χ2v) is 5.83. The van der Waals surface area contributed by atoms with Crippen LogP contribution in [0.25, 0.3) is 0 Å². The highest BCUT2D eigenvalue weighted by atomic mass is 15.2. The van der Waals surface area contributed by atoms with Crippen molar-refractivity contribution in [3.05, 3.63) is 34.9 Å². The Morgan fingerprint density at radius 1 is 1.24 bits per heavy atom. The van der Waals surface area contributed by atoms with Crippen molar-refractivity contribution in [2.75, 3.05) is 6.54 Å². The summed E-state index contributed by atoms with van der Waals surface area (Å²) in [5, 5.41) is 3.41. The average Bonchev–Trinajstić information content (AvgIpc) is 2.85. The molecule has 0 radical (unpaired) electrons. The molecule has 3 rings (SSSR count). The van der Waals surface area contributed by atoms with E-state index in [1.807, 2.05) is 0 Å². The lowest BCUT2D eigenvalue weighted by Gasteiger charge is -2.21. The standard InChI is InChI=1S/C15H22N2/c1-11-5-12(2)17(9-11)10-13-3-4-14-7-16-8-15(14)6-13/h3-4,6,11-12,16H,5,7-10H2,1-2H3. The number of rotatable bonds is 2. The minimum absolute atomic E-state index is 0.747. The van der Waals surface area contributed by atoms with Gasteiger partial charge in [0.2, 0.25) is 0 Å². The molecule has 1 N–H and O–H groups in total. The molecule has 0 aromatic heterocycles. The van der Waals surface area contributed by atoms with Crippen LogP contribution in [-0.4, -0.2) is 17.5 Å². The van der Waals surface area contributed by atoms with E-state index in [1.165, 1.54) is 29.7 Å². The lowest BCUT2D eigenvalue weighted by atomic mass is 10.1. The maximum Gasteiger partial charge on any atom is 0.0236 e. The first-order valence-corrected chi connectivity index (χ1v) is 6.78. The van der Waals surface area contributed by atoms with E-state index in [9.17, 15) is 0 Å². The fourth-order valence-electron chi connectivity index (χ4n) is 3.29. The third-order valence-electron chi connectivity index (χ3n) is 4.20. The zero-order valence-electron chi connectivity index (χ0n) is 10.9. The summed E-state index contributed by atoms with van der Waals surface area (Å²) in [4.78, 5) is 2.62. The average molecular weight is 230 g/mol. The van der Waals surface area contributed by atoms with E-state index in [-0.39, 0.29) is 0 Å². The van der Waals surface area contributed by atoms with Crippen LogP contribution in [-0.2, 0) is 19.6 Å². The molecule has 1 aromatic rings. The van der Waals surface area contributed by atoms with Gasteiger partial charge in [-0.1, -0.05) is 25.1 Å². The molecule has 92 valence electrons. The molecule has 2 aliphatic heterocycles. The van der Waals surface area contributed by atoms with Crippen LogP contribution in [0, 0.1) is 5.92 Å². The highest BCUT2D eigenvalue weighted by Crippen LogP contribution is 2.25. The van der Waals surface area contributed by atoms with Crippen LogP contribution < -0.4 is 5.32 Å². The second-order valence-electron chi connectivity index (χ2n) is 5.83. The van der Waals surface area contributed by atoms with Crippen molar-refractivity contribution in [3.63, 3.8) is 0 Å². The van der Waals surface area contributed by atoms with E-state index >= 15 is 0 Å². The lowest BCUT2D eigenvalue weighted by Crippen LogP contribution is -2.26. The zero-order chi connectivity index (χ0) is 11.8. The molecule has 0 spiro atoms. The summed E-state index contributed by atoms with van der Waals surface area (Å²) < 4.78 is 0. The molecule has 1 saturated heterocycles. The predicted molar refractivity (Wildman–Crippen MR) is 70.6 cm³/mol. The van der Waals surface area contributed by atoms with E-state index in [1.54, 1.807) is 0 Å². The molecule has 2 nitrogen and oxygen atoms in total. The Bertz CT molecular complexity index is 413. The number of likely N-dealkylation sites (tertiary alicyclic amines) is 1. The van der Waals surface area contributed by atoms with Crippen molar-refractivity contribution in [3.8, 4) is 0 Å². The van der Waals surface area contributed by atoms with Crippen molar-refractivity contribution < 1.29 is 0 Å². The number of nitrogens with one attached hydrogen (secondary N) is 1. The Morgan fingerprint density at radius 3 is 2.82 bits per heavy atom. The van der Waals surface area contributed by atoms with Gasteiger partial charge in [0.15, 0.2) is 0 Å². The zero-order valence-corrected chi connectivity index (χ0v) is 10.9. The van der Waals surface area contributed by atoms with Gasteiger partial charge in [-0.25, -0.2) is 0 Å². The van der Waals surface area contributed by atoms with Gasteiger partial charge in [0, 0.05) is 32.2 Å². The maximum atomic E-state index is 3.41. The molecular weight excluding hydrogens is 208 g/mol. The molecule has 0 aliphatic carbocycles. The van der Waals surface area contributed by atoms with Crippen LogP contribution in [0.15, 0.2) is 18.2 Å². The monoisotopic (exact) mass is 230 g/mol. The fraction of sp³-hybridized carbons (Fsp3) is 0.600. The van der Waals surface area contributed by atoms with Crippen LogP contribution in [0.1, 0.15) is 37.0 Å². The molecule has 17 heavy (non-hydrogen) atoms. The minimum Gasteiger partial charge on any atom is -0.309 e. The van der Waals surface area contributed by atoms with Gasteiger partial charge in [-0.15, -0.1) is 0 Å². The summed E-state index contributed by atoms with van der Waals surface area (Å²) in [5.41, 5.74) is 4.47. The molecule has 2 atom stereocenters. The lowest BCUT2D eigenvalue weighted by molar-refractivity contribution is 0.256. The van der Waals surface area contributed by atoms with E-state index in [0.717, 1.165) is 31.6 Å². The van der Waals surface area contributed by atoms with Crippen molar-refractivity contribution in [1.82, 2.24) is 10.2 Å². The minimum atomic E-state index is 0.747. The van der Waals surface area contributed by atoms with Gasteiger partial charge in [-0.3, -0.25) is 4.90 Å². The molecule has 0 bridgehead atoms. The molecule has 2 heteroatoms. The van der Waals surface area contributed by atoms with Crippen LogP contribution in [0.5, 0.6) is 0 Å². The van der Waals surface area contributed by atoms with Crippen LogP contribution in [0.2, 0.25) is 0 Å². The summed E-state index contributed by atoms with van der Waals surface area (Å²) in [6, 6.07) is 7.75. The Labute approximate surface area is 104 Å². The third kappa shape index (κ3) is 2.24. The summed E-state index contributed by atoms with van der Waals surface area (Å²) >= 11 is 0. The van der Waals surface area contributed by atoms with E-state index in [4.69, 9.17) is 0 Å². The highest BCUT2D eigenvalue weighted by molar-refractivity contribution is 5.34. The molecule has 1 aromatic carbocycles. The Morgan fingerprint density at radius 2 is 2.06 bits per heavy atom.